The van der Waals surface area contributed by atoms with E-state index in [1.54, 1.807) is 7.11 Å². The molecule has 0 aliphatic heterocycles. The number of nitrogens with zero attached hydrogens (tertiary/aromatic N) is 2. The third-order valence-corrected chi connectivity index (χ3v) is 3.96. The highest BCUT2D eigenvalue weighted by molar-refractivity contribution is 5.82. The van der Waals surface area contributed by atoms with E-state index >= 15 is 0 Å². The summed E-state index contributed by atoms with van der Waals surface area (Å²) in [7, 11) is 1.73. The molecule has 1 aromatic heterocycles. The molecule has 21 heavy (non-hydrogen) atoms. The molecule has 0 amide bonds. The molecule has 0 aliphatic rings. The van der Waals surface area contributed by atoms with Crippen molar-refractivity contribution in [3.63, 3.8) is 0 Å². The van der Waals surface area contributed by atoms with Crippen molar-refractivity contribution < 1.29 is 4.74 Å². The van der Waals surface area contributed by atoms with Crippen LogP contribution in [-0.2, 0) is 17.7 Å². The van der Waals surface area contributed by atoms with Crippen LogP contribution in [0.3, 0.4) is 0 Å². The molecular weight excluding hydrogens is 262 g/mol. The number of benzene rings is 1. The number of hydrogen-bond donors (Lipinski definition) is 1. The molecule has 2 aromatic rings. The van der Waals surface area contributed by atoms with Crippen molar-refractivity contribution in [2.75, 3.05) is 7.11 Å². The van der Waals surface area contributed by atoms with Crippen molar-refractivity contribution in [3.8, 4) is 0 Å². The second kappa shape index (κ2) is 6.16. The maximum Gasteiger partial charge on any atom is 0.0774 e. The van der Waals surface area contributed by atoms with Gasteiger partial charge in [-0.3, -0.25) is 4.68 Å². The van der Waals surface area contributed by atoms with Crippen LogP contribution in [0.4, 0.5) is 0 Å². The number of ether oxygens (including phenoxy) is 1. The van der Waals surface area contributed by atoms with E-state index in [9.17, 15) is 0 Å². The lowest BCUT2D eigenvalue weighted by molar-refractivity contribution is -0.00180. The van der Waals surface area contributed by atoms with Crippen LogP contribution in [0.15, 0.2) is 24.3 Å². The van der Waals surface area contributed by atoms with Crippen LogP contribution < -0.4 is 5.73 Å². The molecule has 1 aromatic carbocycles. The fraction of sp³-hybridized carbons (Fsp3) is 0.588. The van der Waals surface area contributed by atoms with Gasteiger partial charge in [0, 0.05) is 31.5 Å². The van der Waals surface area contributed by atoms with Crippen LogP contribution in [0.2, 0.25) is 0 Å². The second-order valence-corrected chi connectivity index (χ2v) is 6.67. The lowest BCUT2D eigenvalue weighted by Crippen LogP contribution is -2.46. The smallest absolute Gasteiger partial charge is 0.0774 e. The number of para-hydroxylation sites is 1. The number of methoxy groups -OCH3 is 1. The Hall–Kier alpha value is -1.39. The zero-order valence-corrected chi connectivity index (χ0v) is 13.8. The largest absolute Gasteiger partial charge is 0.379 e. The van der Waals surface area contributed by atoms with Gasteiger partial charge in [0.05, 0.1) is 17.3 Å². The van der Waals surface area contributed by atoms with Gasteiger partial charge in [0.25, 0.3) is 0 Å². The van der Waals surface area contributed by atoms with Crippen LogP contribution in [-0.4, -0.2) is 29.0 Å². The first kappa shape index (κ1) is 16.0. The molecule has 2 unspecified atom stereocenters. The summed E-state index contributed by atoms with van der Waals surface area (Å²) in [6.07, 6.45) is 0.728. The number of aromatic nitrogens is 2. The second-order valence-electron chi connectivity index (χ2n) is 6.67. The molecule has 0 bridgehead atoms. The van der Waals surface area contributed by atoms with Crippen LogP contribution in [0.1, 0.15) is 33.4 Å². The molecule has 4 heteroatoms. The highest BCUT2D eigenvalue weighted by atomic mass is 16.5. The minimum Gasteiger partial charge on any atom is -0.379 e. The summed E-state index contributed by atoms with van der Waals surface area (Å²) in [5, 5.41) is 5.92. The summed E-state index contributed by atoms with van der Waals surface area (Å²) in [5.41, 5.74) is 8.66. The van der Waals surface area contributed by atoms with Crippen LogP contribution in [0, 0.1) is 5.41 Å². The number of aryl methyl sites for hydroxylation is 1. The highest BCUT2D eigenvalue weighted by Gasteiger charge is 2.31. The number of fused-ring (bicyclic) bond motifs is 1. The SMILES string of the molecule is CCn1nc(CC(N)C(OC)C(C)(C)C)c2ccccc21. The van der Waals surface area contributed by atoms with Crippen LogP contribution in [0.5, 0.6) is 0 Å². The first-order chi connectivity index (χ1) is 9.88. The Bertz CT molecular complexity index is 598. The van der Waals surface area contributed by atoms with Gasteiger partial charge >= 0.3 is 0 Å². The van der Waals surface area contributed by atoms with Gasteiger partial charge in [-0.1, -0.05) is 39.0 Å². The predicted octanol–water partition coefficient (Wildman–Crippen LogP) is 2.99. The molecule has 0 aliphatic carbocycles. The molecule has 0 saturated heterocycles. The maximum atomic E-state index is 6.41. The van der Waals surface area contributed by atoms with E-state index < -0.39 is 0 Å². The fourth-order valence-corrected chi connectivity index (χ4v) is 3.09. The van der Waals surface area contributed by atoms with Crippen molar-refractivity contribution in [2.45, 2.75) is 52.8 Å². The Balaban J connectivity index is 2.31. The van der Waals surface area contributed by atoms with Gasteiger partial charge in [-0.15, -0.1) is 0 Å². The third-order valence-electron chi connectivity index (χ3n) is 3.96. The van der Waals surface area contributed by atoms with E-state index in [1.165, 1.54) is 10.9 Å². The summed E-state index contributed by atoms with van der Waals surface area (Å²) < 4.78 is 7.67. The minimum absolute atomic E-state index is 0.00281. The summed E-state index contributed by atoms with van der Waals surface area (Å²) in [5.74, 6) is 0. The van der Waals surface area contributed by atoms with E-state index in [0.29, 0.717) is 0 Å². The maximum absolute atomic E-state index is 6.41. The minimum atomic E-state index is -0.0707. The van der Waals surface area contributed by atoms with Gasteiger partial charge in [0.15, 0.2) is 0 Å². The normalized spacial score (nSPS) is 15.3. The molecule has 4 nitrogen and oxygen atoms in total. The average Bonchev–Trinajstić information content (AvgIpc) is 2.76. The first-order valence-corrected chi connectivity index (χ1v) is 7.61. The lowest BCUT2D eigenvalue weighted by Gasteiger charge is -2.33. The fourth-order valence-electron chi connectivity index (χ4n) is 3.09. The molecule has 1 heterocycles. The zero-order chi connectivity index (χ0) is 15.6. The third kappa shape index (κ3) is 3.27. The van der Waals surface area contributed by atoms with Gasteiger partial charge in [0.1, 0.15) is 0 Å². The van der Waals surface area contributed by atoms with Gasteiger partial charge in [-0.2, -0.15) is 5.10 Å². The van der Waals surface area contributed by atoms with Gasteiger partial charge in [-0.05, 0) is 18.4 Å². The number of rotatable bonds is 5. The van der Waals surface area contributed by atoms with E-state index in [-0.39, 0.29) is 17.6 Å². The highest BCUT2D eigenvalue weighted by Crippen LogP contribution is 2.27. The molecule has 2 atom stereocenters. The quantitative estimate of drug-likeness (QED) is 0.920. The predicted molar refractivity (Wildman–Crippen MR) is 87.3 cm³/mol. The van der Waals surface area contributed by atoms with E-state index in [4.69, 9.17) is 15.6 Å². The summed E-state index contributed by atoms with van der Waals surface area (Å²) in [6, 6.07) is 8.26. The Labute approximate surface area is 127 Å². The van der Waals surface area contributed by atoms with Gasteiger partial charge in [0.2, 0.25) is 0 Å². The molecule has 2 rings (SSSR count). The van der Waals surface area contributed by atoms with Crippen molar-refractivity contribution in [1.29, 1.82) is 0 Å². The van der Waals surface area contributed by atoms with Crippen molar-refractivity contribution in [2.24, 2.45) is 11.1 Å². The standard InChI is InChI=1S/C17H27N3O/c1-6-20-15-10-8-7-9-12(15)14(19-20)11-13(18)16(21-5)17(2,3)4/h7-10,13,16H,6,11,18H2,1-5H3. The van der Waals surface area contributed by atoms with Crippen LogP contribution in [0.25, 0.3) is 10.9 Å². The van der Waals surface area contributed by atoms with Crippen molar-refractivity contribution in [3.05, 3.63) is 30.0 Å². The Morgan fingerprint density at radius 3 is 2.52 bits per heavy atom. The van der Waals surface area contributed by atoms with Crippen molar-refractivity contribution in [1.82, 2.24) is 9.78 Å². The van der Waals surface area contributed by atoms with E-state index in [0.717, 1.165) is 18.7 Å². The van der Waals surface area contributed by atoms with Crippen LogP contribution >= 0.6 is 0 Å². The van der Waals surface area contributed by atoms with Gasteiger partial charge in [-0.25, -0.2) is 0 Å². The molecule has 2 N–H and O–H groups in total. The zero-order valence-electron chi connectivity index (χ0n) is 13.8. The van der Waals surface area contributed by atoms with Gasteiger partial charge < -0.3 is 10.5 Å². The first-order valence-electron chi connectivity index (χ1n) is 7.61. The molecule has 116 valence electrons. The van der Waals surface area contributed by atoms with E-state index in [1.807, 2.05) is 10.7 Å². The topological polar surface area (TPSA) is 53.1 Å². The number of nitrogens with two attached hydrogens (primary N) is 1. The molecule has 0 spiro atoms. The lowest BCUT2D eigenvalue weighted by atomic mass is 9.83. The average molecular weight is 289 g/mol. The Morgan fingerprint density at radius 2 is 1.95 bits per heavy atom. The molecule has 0 radical (unpaired) electrons. The van der Waals surface area contributed by atoms with Crippen molar-refractivity contribution >= 4 is 10.9 Å². The molecule has 0 saturated carbocycles. The monoisotopic (exact) mass is 289 g/mol. The summed E-state index contributed by atoms with van der Waals surface area (Å²) in [4.78, 5) is 0. The summed E-state index contributed by atoms with van der Waals surface area (Å²) >= 11 is 0. The summed E-state index contributed by atoms with van der Waals surface area (Å²) in [6.45, 7) is 9.44. The van der Waals surface area contributed by atoms with E-state index in [2.05, 4.69) is 45.9 Å². The molecular formula is C17H27N3O. The number of hydrogen-bond acceptors (Lipinski definition) is 3. The Kier molecular flexibility index (Phi) is 4.69. The Morgan fingerprint density at radius 1 is 1.29 bits per heavy atom. The molecule has 0 fully saturated rings.